The third-order valence-corrected chi connectivity index (χ3v) is 3.13. The maximum Gasteiger partial charge on any atom is 0.145 e. The molecule has 1 aromatic heterocycles. The number of aryl methyl sites for hydroxylation is 1. The zero-order chi connectivity index (χ0) is 11.3. The van der Waals surface area contributed by atoms with Crippen molar-refractivity contribution >= 4 is 10.9 Å². The molecule has 0 amide bonds. The summed E-state index contributed by atoms with van der Waals surface area (Å²) >= 11 is 0. The number of phenols is 1. The minimum absolute atomic E-state index is 0.186. The molecule has 1 aliphatic rings. The molecule has 0 spiro atoms. The summed E-state index contributed by atoms with van der Waals surface area (Å²) in [5, 5.41) is 10.4. The normalized spacial score (nSPS) is 15.6. The number of halogens is 1. The van der Waals surface area contributed by atoms with Crippen molar-refractivity contribution in [1.29, 1.82) is 0 Å². The Kier molecular flexibility index (Phi) is 1.90. The fourth-order valence-corrected chi connectivity index (χ4v) is 2.29. The molecule has 0 unspecified atom stereocenters. The van der Waals surface area contributed by atoms with Crippen LogP contribution in [0.3, 0.4) is 0 Å². The molecule has 2 nitrogen and oxygen atoms in total. The van der Waals surface area contributed by atoms with E-state index in [9.17, 15) is 9.50 Å². The number of pyridine rings is 1. The van der Waals surface area contributed by atoms with Crippen LogP contribution in [0, 0.1) is 12.7 Å². The second-order valence-electron chi connectivity index (χ2n) is 4.45. The molecular weight excluding hydrogens is 205 g/mol. The summed E-state index contributed by atoms with van der Waals surface area (Å²) < 4.78 is 13.8. The minimum Gasteiger partial charge on any atom is -0.508 e. The van der Waals surface area contributed by atoms with Crippen LogP contribution in [-0.2, 0) is 0 Å². The summed E-state index contributed by atoms with van der Waals surface area (Å²) in [5.41, 5.74) is 2.35. The number of aromatic hydroxyl groups is 1. The first-order valence-corrected chi connectivity index (χ1v) is 5.44. The fraction of sp³-hybridized carbons (Fsp3) is 0.308. The highest BCUT2D eigenvalue weighted by Crippen LogP contribution is 2.45. The lowest BCUT2D eigenvalue weighted by molar-refractivity contribution is 0.475. The molecule has 1 heterocycles. The van der Waals surface area contributed by atoms with Gasteiger partial charge in [-0.3, -0.25) is 4.98 Å². The van der Waals surface area contributed by atoms with Gasteiger partial charge >= 0.3 is 0 Å². The maximum atomic E-state index is 13.8. The number of aromatic nitrogens is 1. The average molecular weight is 217 g/mol. The van der Waals surface area contributed by atoms with Crippen molar-refractivity contribution in [3.8, 4) is 5.75 Å². The smallest absolute Gasteiger partial charge is 0.145 e. The van der Waals surface area contributed by atoms with E-state index < -0.39 is 0 Å². The van der Waals surface area contributed by atoms with Gasteiger partial charge in [0.15, 0.2) is 0 Å². The van der Waals surface area contributed by atoms with Gasteiger partial charge < -0.3 is 5.11 Å². The van der Waals surface area contributed by atoms with Gasteiger partial charge in [-0.05, 0) is 37.3 Å². The van der Waals surface area contributed by atoms with Crippen LogP contribution in [0.15, 0.2) is 18.3 Å². The number of fused-ring (bicyclic) bond motifs is 1. The molecule has 3 heteroatoms. The van der Waals surface area contributed by atoms with Crippen LogP contribution in [0.4, 0.5) is 4.39 Å². The Morgan fingerprint density at radius 3 is 2.81 bits per heavy atom. The molecule has 1 aliphatic carbocycles. The second kappa shape index (κ2) is 3.17. The van der Waals surface area contributed by atoms with Gasteiger partial charge in [-0.2, -0.15) is 0 Å². The number of hydrogen-bond acceptors (Lipinski definition) is 2. The summed E-state index contributed by atoms with van der Waals surface area (Å²) in [6, 6.07) is 3.25. The van der Waals surface area contributed by atoms with Crippen LogP contribution in [0.25, 0.3) is 10.9 Å². The Labute approximate surface area is 92.7 Å². The minimum atomic E-state index is -0.219. The molecule has 0 aliphatic heterocycles. The molecule has 3 rings (SSSR count). The molecule has 1 N–H and O–H groups in total. The Bertz CT molecular complexity index is 576. The van der Waals surface area contributed by atoms with E-state index in [-0.39, 0.29) is 11.6 Å². The van der Waals surface area contributed by atoms with Crippen molar-refractivity contribution < 1.29 is 9.50 Å². The van der Waals surface area contributed by atoms with E-state index in [1.165, 1.54) is 6.20 Å². The van der Waals surface area contributed by atoms with E-state index >= 15 is 0 Å². The maximum absolute atomic E-state index is 13.8. The topological polar surface area (TPSA) is 33.1 Å². The predicted octanol–water partition coefficient (Wildman–Crippen LogP) is 3.27. The van der Waals surface area contributed by atoms with Gasteiger partial charge in [0.25, 0.3) is 0 Å². The summed E-state index contributed by atoms with van der Waals surface area (Å²) in [4.78, 5) is 4.04. The fourth-order valence-electron chi connectivity index (χ4n) is 2.29. The first-order chi connectivity index (χ1) is 7.66. The van der Waals surface area contributed by atoms with Crippen LogP contribution in [0.2, 0.25) is 0 Å². The molecule has 82 valence electrons. The Balaban J connectivity index is 2.41. The molecule has 16 heavy (non-hydrogen) atoms. The van der Waals surface area contributed by atoms with Crippen molar-refractivity contribution in [2.75, 3.05) is 0 Å². The summed E-state index contributed by atoms with van der Waals surface area (Å²) in [5.74, 6) is 0.309. The summed E-state index contributed by atoms with van der Waals surface area (Å²) in [6.07, 6.45) is 3.36. The molecule has 1 fully saturated rings. The van der Waals surface area contributed by atoms with Gasteiger partial charge in [-0.1, -0.05) is 0 Å². The Morgan fingerprint density at radius 2 is 2.12 bits per heavy atom. The average Bonchev–Trinajstić information content (AvgIpc) is 3.02. The third-order valence-electron chi connectivity index (χ3n) is 3.13. The Hall–Kier alpha value is -1.64. The lowest BCUT2D eigenvalue weighted by Gasteiger charge is -2.09. The highest BCUT2D eigenvalue weighted by Gasteiger charge is 2.29. The quantitative estimate of drug-likeness (QED) is 0.795. The van der Waals surface area contributed by atoms with Crippen LogP contribution < -0.4 is 0 Å². The molecule has 0 saturated heterocycles. The van der Waals surface area contributed by atoms with E-state index in [4.69, 9.17) is 0 Å². The van der Waals surface area contributed by atoms with Crippen molar-refractivity contribution in [3.05, 3.63) is 35.3 Å². The second-order valence-corrected chi connectivity index (χ2v) is 4.45. The highest BCUT2D eigenvalue weighted by molar-refractivity contribution is 5.87. The molecule has 2 aromatic rings. The highest BCUT2D eigenvalue weighted by atomic mass is 19.1. The molecule has 0 atom stereocenters. The molecule has 1 saturated carbocycles. The largest absolute Gasteiger partial charge is 0.508 e. The van der Waals surface area contributed by atoms with Crippen LogP contribution in [0.5, 0.6) is 5.75 Å². The van der Waals surface area contributed by atoms with Crippen molar-refractivity contribution in [3.63, 3.8) is 0 Å². The SMILES string of the molecule is Cc1cc(O)cc2ncc(F)c(C3CC3)c12. The lowest BCUT2D eigenvalue weighted by Crippen LogP contribution is -1.94. The van der Waals surface area contributed by atoms with Gasteiger partial charge in [-0.15, -0.1) is 0 Å². The molecule has 1 aromatic carbocycles. The zero-order valence-corrected chi connectivity index (χ0v) is 9.00. The van der Waals surface area contributed by atoms with Gasteiger partial charge in [-0.25, -0.2) is 4.39 Å². The number of benzene rings is 1. The molecule has 0 radical (unpaired) electrons. The van der Waals surface area contributed by atoms with Gasteiger partial charge in [0.1, 0.15) is 11.6 Å². The molecule has 0 bridgehead atoms. The Morgan fingerprint density at radius 1 is 1.38 bits per heavy atom. The number of nitrogens with zero attached hydrogens (tertiary/aromatic N) is 1. The lowest BCUT2D eigenvalue weighted by atomic mass is 10.00. The third kappa shape index (κ3) is 1.35. The zero-order valence-electron chi connectivity index (χ0n) is 9.00. The molecular formula is C13H12FNO. The van der Waals surface area contributed by atoms with Gasteiger partial charge in [0.2, 0.25) is 0 Å². The summed E-state index contributed by atoms with van der Waals surface area (Å²) in [6.45, 7) is 1.88. The van der Waals surface area contributed by atoms with Crippen LogP contribution >= 0.6 is 0 Å². The van der Waals surface area contributed by atoms with Crippen molar-refractivity contribution in [2.45, 2.75) is 25.7 Å². The number of phenolic OH excluding ortho intramolecular Hbond substituents is 1. The summed E-state index contributed by atoms with van der Waals surface area (Å²) in [7, 11) is 0. The van der Waals surface area contributed by atoms with Crippen molar-refractivity contribution in [1.82, 2.24) is 4.98 Å². The van der Waals surface area contributed by atoms with E-state index in [1.807, 2.05) is 6.92 Å². The van der Waals surface area contributed by atoms with Crippen LogP contribution in [0.1, 0.15) is 29.9 Å². The first-order valence-electron chi connectivity index (χ1n) is 5.44. The van der Waals surface area contributed by atoms with Crippen molar-refractivity contribution in [2.24, 2.45) is 0 Å². The number of rotatable bonds is 1. The van der Waals surface area contributed by atoms with E-state index in [2.05, 4.69) is 4.98 Å². The predicted molar refractivity (Wildman–Crippen MR) is 60.1 cm³/mol. The first kappa shape index (κ1) is 9.58. The van der Waals surface area contributed by atoms with E-state index in [0.717, 1.165) is 29.4 Å². The standard InChI is InChI=1S/C13H12FNO/c1-7-4-9(16)5-11-12(7)13(8-2-3-8)10(14)6-15-11/h4-6,8,16H,2-3H2,1H3. The van der Waals surface area contributed by atoms with Gasteiger partial charge in [0, 0.05) is 17.0 Å². The van der Waals surface area contributed by atoms with E-state index in [1.54, 1.807) is 12.1 Å². The van der Waals surface area contributed by atoms with Crippen LogP contribution in [-0.4, -0.2) is 10.1 Å². The van der Waals surface area contributed by atoms with E-state index in [0.29, 0.717) is 11.4 Å². The van der Waals surface area contributed by atoms with Gasteiger partial charge in [0.05, 0.1) is 11.7 Å². The number of hydrogen-bond donors (Lipinski definition) is 1. The monoisotopic (exact) mass is 217 g/mol.